The summed E-state index contributed by atoms with van der Waals surface area (Å²) in [5, 5.41) is 19.4. The van der Waals surface area contributed by atoms with Gasteiger partial charge in [0.1, 0.15) is 11.5 Å². The molecule has 1 amide bonds. The third-order valence-electron chi connectivity index (χ3n) is 2.60. The second-order valence-corrected chi connectivity index (χ2v) is 5.21. The molecule has 0 atom stereocenters. The fourth-order valence-corrected chi connectivity index (χ4v) is 2.48. The quantitative estimate of drug-likeness (QED) is 0.800. The number of rotatable bonds is 5. The minimum absolute atomic E-state index is 0.0676. The Kier molecular flexibility index (Phi) is 6.57. The largest absolute Gasteiger partial charge is 0.396 e. The molecule has 0 saturated heterocycles. The fraction of sp³-hybridized carbons (Fsp3) is 0.500. The van der Waals surface area contributed by atoms with Crippen LogP contribution in [-0.2, 0) is 0 Å². The van der Waals surface area contributed by atoms with Gasteiger partial charge in [0.15, 0.2) is 0 Å². The molecule has 0 fully saturated rings. The molecule has 104 valence electrons. The van der Waals surface area contributed by atoms with Crippen LogP contribution in [0.3, 0.4) is 0 Å². The highest BCUT2D eigenvalue weighted by molar-refractivity contribution is 7.12. The van der Waals surface area contributed by atoms with Crippen LogP contribution in [0.1, 0.15) is 35.5 Å². The number of carbonyl (C=O) groups excluding carboxylic acids is 1. The van der Waals surface area contributed by atoms with E-state index in [1.807, 2.05) is 19.2 Å². The Bertz CT molecular complexity index is 471. The van der Waals surface area contributed by atoms with Crippen LogP contribution in [0.5, 0.6) is 0 Å². The van der Waals surface area contributed by atoms with Gasteiger partial charge in [0.05, 0.1) is 0 Å². The molecular weight excluding hydrogens is 262 g/mol. The van der Waals surface area contributed by atoms with E-state index in [2.05, 4.69) is 11.8 Å². The number of nitrogens with zero attached hydrogens (tertiary/aromatic N) is 1. The number of aliphatic hydroxyl groups is 2. The lowest BCUT2D eigenvalue weighted by Crippen LogP contribution is -2.38. The summed E-state index contributed by atoms with van der Waals surface area (Å²) in [4.78, 5) is 14.8. The summed E-state index contributed by atoms with van der Waals surface area (Å²) in [5.41, 5.74) is 0.652. The molecule has 0 aliphatic carbocycles. The van der Waals surface area contributed by atoms with Crippen LogP contribution in [0.15, 0.2) is 11.4 Å². The van der Waals surface area contributed by atoms with Crippen LogP contribution < -0.4 is 0 Å². The molecule has 19 heavy (non-hydrogen) atoms. The molecule has 1 aromatic rings. The van der Waals surface area contributed by atoms with Gasteiger partial charge >= 0.3 is 0 Å². The SMILES string of the molecule is CC(C)N(CCCO)C(=O)c1sccc1C#CCO. The minimum Gasteiger partial charge on any atom is -0.396 e. The van der Waals surface area contributed by atoms with E-state index in [1.54, 1.807) is 11.0 Å². The Morgan fingerprint density at radius 2 is 2.21 bits per heavy atom. The average Bonchev–Trinajstić information content (AvgIpc) is 2.84. The zero-order valence-electron chi connectivity index (χ0n) is 11.2. The zero-order valence-corrected chi connectivity index (χ0v) is 12.0. The standard InChI is InChI=1S/C14H19NO3S/c1-11(2)15(7-4-9-17)14(18)13-12(5-3-8-16)6-10-19-13/h6,10-11,16-17H,4,7-9H2,1-2H3. The van der Waals surface area contributed by atoms with E-state index in [9.17, 15) is 4.79 Å². The monoisotopic (exact) mass is 281 g/mol. The molecule has 0 saturated carbocycles. The molecule has 0 aromatic carbocycles. The first-order chi connectivity index (χ1) is 9.11. The first-order valence-electron chi connectivity index (χ1n) is 6.20. The van der Waals surface area contributed by atoms with Crippen LogP contribution in [0.2, 0.25) is 0 Å². The smallest absolute Gasteiger partial charge is 0.265 e. The highest BCUT2D eigenvalue weighted by Gasteiger charge is 2.21. The van der Waals surface area contributed by atoms with Gasteiger partial charge in [-0.3, -0.25) is 4.79 Å². The fourth-order valence-electron chi connectivity index (χ4n) is 1.67. The molecular formula is C14H19NO3S. The van der Waals surface area contributed by atoms with E-state index in [0.717, 1.165) is 0 Å². The first kappa shape index (κ1) is 15.7. The molecule has 0 unspecified atom stereocenters. The second-order valence-electron chi connectivity index (χ2n) is 4.29. The van der Waals surface area contributed by atoms with Crippen LogP contribution in [0, 0.1) is 11.8 Å². The Morgan fingerprint density at radius 3 is 2.79 bits per heavy atom. The van der Waals surface area contributed by atoms with E-state index in [1.165, 1.54) is 11.3 Å². The van der Waals surface area contributed by atoms with Gasteiger partial charge in [-0.15, -0.1) is 11.3 Å². The molecule has 0 aliphatic heterocycles. The molecule has 0 bridgehead atoms. The lowest BCUT2D eigenvalue weighted by atomic mass is 10.2. The number of amides is 1. The zero-order chi connectivity index (χ0) is 14.3. The van der Waals surface area contributed by atoms with Crippen molar-refractivity contribution in [3.63, 3.8) is 0 Å². The summed E-state index contributed by atoms with van der Waals surface area (Å²) < 4.78 is 0. The van der Waals surface area contributed by atoms with Crippen molar-refractivity contribution in [1.82, 2.24) is 4.90 Å². The van der Waals surface area contributed by atoms with Crippen molar-refractivity contribution in [1.29, 1.82) is 0 Å². The summed E-state index contributed by atoms with van der Waals surface area (Å²) in [7, 11) is 0. The van der Waals surface area contributed by atoms with Gasteiger partial charge in [-0.05, 0) is 31.7 Å². The number of thiophene rings is 1. The normalized spacial score (nSPS) is 10.2. The maximum Gasteiger partial charge on any atom is 0.265 e. The van der Waals surface area contributed by atoms with Gasteiger partial charge < -0.3 is 15.1 Å². The van der Waals surface area contributed by atoms with Crippen molar-refractivity contribution >= 4 is 17.2 Å². The topological polar surface area (TPSA) is 60.8 Å². The Hall–Kier alpha value is -1.35. The number of carbonyl (C=O) groups is 1. The van der Waals surface area contributed by atoms with Gasteiger partial charge in [0, 0.05) is 24.8 Å². The maximum atomic E-state index is 12.5. The van der Waals surface area contributed by atoms with Crippen LogP contribution in [0.25, 0.3) is 0 Å². The summed E-state index contributed by atoms with van der Waals surface area (Å²) in [6.45, 7) is 4.27. The predicted octanol–water partition coefficient (Wildman–Crippen LogP) is 1.32. The third-order valence-corrected chi connectivity index (χ3v) is 3.51. The highest BCUT2D eigenvalue weighted by atomic mass is 32.1. The summed E-state index contributed by atoms with van der Waals surface area (Å²) >= 11 is 1.35. The van der Waals surface area contributed by atoms with E-state index in [-0.39, 0.29) is 25.2 Å². The average molecular weight is 281 g/mol. The molecule has 2 N–H and O–H groups in total. The van der Waals surface area contributed by atoms with Crippen LogP contribution in [0.4, 0.5) is 0 Å². The van der Waals surface area contributed by atoms with Crippen LogP contribution >= 0.6 is 11.3 Å². The van der Waals surface area contributed by atoms with Crippen molar-refractivity contribution in [3.05, 3.63) is 21.9 Å². The molecule has 1 aromatic heterocycles. The van der Waals surface area contributed by atoms with Crippen molar-refractivity contribution < 1.29 is 15.0 Å². The van der Waals surface area contributed by atoms with E-state index >= 15 is 0 Å². The first-order valence-corrected chi connectivity index (χ1v) is 7.08. The van der Waals surface area contributed by atoms with E-state index in [4.69, 9.17) is 10.2 Å². The third kappa shape index (κ3) is 4.35. The van der Waals surface area contributed by atoms with Crippen LogP contribution in [-0.4, -0.2) is 46.8 Å². The van der Waals surface area contributed by atoms with Crippen molar-refractivity contribution in [2.45, 2.75) is 26.3 Å². The number of hydrogen-bond acceptors (Lipinski definition) is 4. The lowest BCUT2D eigenvalue weighted by molar-refractivity contribution is 0.0698. The van der Waals surface area contributed by atoms with Crippen molar-refractivity contribution in [2.75, 3.05) is 19.8 Å². The van der Waals surface area contributed by atoms with Gasteiger partial charge in [-0.25, -0.2) is 0 Å². The van der Waals surface area contributed by atoms with Gasteiger partial charge in [-0.2, -0.15) is 0 Å². The highest BCUT2D eigenvalue weighted by Crippen LogP contribution is 2.19. The molecule has 0 radical (unpaired) electrons. The number of aliphatic hydroxyl groups excluding tert-OH is 2. The van der Waals surface area contributed by atoms with E-state index < -0.39 is 0 Å². The molecule has 4 nitrogen and oxygen atoms in total. The van der Waals surface area contributed by atoms with E-state index in [0.29, 0.717) is 23.4 Å². The van der Waals surface area contributed by atoms with Crippen molar-refractivity contribution in [2.24, 2.45) is 0 Å². The molecule has 0 aliphatic rings. The minimum atomic E-state index is -0.220. The molecule has 1 heterocycles. The summed E-state index contributed by atoms with van der Waals surface area (Å²) in [6, 6.07) is 1.85. The Morgan fingerprint density at radius 1 is 1.47 bits per heavy atom. The van der Waals surface area contributed by atoms with Gasteiger partial charge in [-0.1, -0.05) is 11.8 Å². The van der Waals surface area contributed by atoms with Gasteiger partial charge in [0.25, 0.3) is 5.91 Å². The Labute approximate surface area is 117 Å². The summed E-state index contributed by atoms with van der Waals surface area (Å²) in [5.74, 6) is 5.28. The van der Waals surface area contributed by atoms with Crippen molar-refractivity contribution in [3.8, 4) is 11.8 Å². The summed E-state index contributed by atoms with van der Waals surface area (Å²) in [6.07, 6.45) is 0.562. The lowest BCUT2D eigenvalue weighted by Gasteiger charge is -2.26. The predicted molar refractivity (Wildman–Crippen MR) is 76.2 cm³/mol. The van der Waals surface area contributed by atoms with Gasteiger partial charge in [0.2, 0.25) is 0 Å². The number of hydrogen-bond donors (Lipinski definition) is 2. The maximum absolute atomic E-state index is 12.5. The molecule has 0 spiro atoms. The molecule has 5 heteroatoms. The molecule has 1 rings (SSSR count). The Balaban J connectivity index is 2.93. The second kappa shape index (κ2) is 7.95.